The number of benzene rings is 1. The molecule has 2 aromatic rings. The van der Waals surface area contributed by atoms with Gasteiger partial charge in [-0.3, -0.25) is 0 Å². The normalized spacial score (nSPS) is 12.2. The topological polar surface area (TPSA) is 26.0 Å². The average molecular weight is 245 g/mol. The largest absolute Gasteiger partial charge is 0.436 e. The SMILES string of the molecule is C/C(=C\C(C)C)c1ncc(-c2ccccc2F)o1. The number of hydrogen-bond donors (Lipinski definition) is 0. The summed E-state index contributed by atoms with van der Waals surface area (Å²) < 4.78 is 19.2. The fraction of sp³-hybridized carbons (Fsp3) is 0.267. The van der Waals surface area contributed by atoms with E-state index in [1.807, 2.05) is 6.92 Å². The zero-order valence-electron chi connectivity index (χ0n) is 10.8. The molecule has 2 nitrogen and oxygen atoms in total. The highest BCUT2D eigenvalue weighted by Gasteiger charge is 2.11. The molecule has 0 aliphatic heterocycles. The monoisotopic (exact) mass is 245 g/mol. The Morgan fingerprint density at radius 2 is 2.06 bits per heavy atom. The van der Waals surface area contributed by atoms with Gasteiger partial charge in [0.25, 0.3) is 0 Å². The molecule has 94 valence electrons. The van der Waals surface area contributed by atoms with Gasteiger partial charge in [0.05, 0.1) is 11.8 Å². The minimum atomic E-state index is -0.300. The number of aromatic nitrogens is 1. The Hall–Kier alpha value is -1.90. The van der Waals surface area contributed by atoms with Crippen molar-refractivity contribution >= 4 is 5.57 Å². The molecule has 0 fully saturated rings. The molecular weight excluding hydrogens is 229 g/mol. The van der Waals surface area contributed by atoms with Gasteiger partial charge in [-0.25, -0.2) is 9.37 Å². The van der Waals surface area contributed by atoms with E-state index in [9.17, 15) is 4.39 Å². The van der Waals surface area contributed by atoms with Gasteiger partial charge in [0, 0.05) is 5.57 Å². The van der Waals surface area contributed by atoms with E-state index < -0.39 is 0 Å². The van der Waals surface area contributed by atoms with Crippen LogP contribution in [0, 0.1) is 11.7 Å². The third kappa shape index (κ3) is 2.67. The number of allylic oxidation sites excluding steroid dienone is 2. The molecule has 1 aromatic carbocycles. The highest BCUT2D eigenvalue weighted by molar-refractivity contribution is 5.61. The van der Waals surface area contributed by atoms with Crippen LogP contribution in [-0.2, 0) is 0 Å². The predicted molar refractivity (Wildman–Crippen MR) is 70.4 cm³/mol. The Balaban J connectivity index is 2.35. The molecule has 0 saturated carbocycles. The molecule has 0 unspecified atom stereocenters. The Kier molecular flexibility index (Phi) is 3.60. The lowest BCUT2D eigenvalue weighted by atomic mass is 10.1. The summed E-state index contributed by atoms with van der Waals surface area (Å²) in [6.45, 7) is 6.12. The molecule has 1 heterocycles. The minimum absolute atomic E-state index is 0.300. The van der Waals surface area contributed by atoms with Crippen molar-refractivity contribution in [2.45, 2.75) is 20.8 Å². The Labute approximate surface area is 106 Å². The molecule has 2 rings (SSSR count). The first-order chi connectivity index (χ1) is 8.58. The first-order valence-corrected chi connectivity index (χ1v) is 5.97. The fourth-order valence-electron chi connectivity index (χ4n) is 1.81. The van der Waals surface area contributed by atoms with Gasteiger partial charge >= 0.3 is 0 Å². The molecule has 3 heteroatoms. The molecular formula is C15H16FNO. The number of rotatable bonds is 3. The molecule has 0 aliphatic rings. The summed E-state index contributed by atoms with van der Waals surface area (Å²) in [6.07, 6.45) is 3.63. The van der Waals surface area contributed by atoms with Gasteiger partial charge in [0.2, 0.25) is 5.89 Å². The standard InChI is InChI=1S/C15H16FNO/c1-10(2)8-11(3)15-17-9-14(18-15)12-6-4-5-7-13(12)16/h4-10H,1-3H3/b11-8+. The quantitative estimate of drug-likeness (QED) is 0.793. The van der Waals surface area contributed by atoms with Crippen molar-refractivity contribution in [1.82, 2.24) is 4.98 Å². The van der Waals surface area contributed by atoms with Crippen LogP contribution in [0.4, 0.5) is 4.39 Å². The molecule has 0 aliphatic carbocycles. The van der Waals surface area contributed by atoms with Crippen molar-refractivity contribution in [3.63, 3.8) is 0 Å². The maximum atomic E-state index is 13.6. The molecule has 0 radical (unpaired) electrons. The van der Waals surface area contributed by atoms with Crippen LogP contribution in [0.3, 0.4) is 0 Å². The second-order valence-electron chi connectivity index (χ2n) is 4.60. The van der Waals surface area contributed by atoms with Crippen LogP contribution in [0.2, 0.25) is 0 Å². The number of oxazole rings is 1. The molecule has 0 atom stereocenters. The Morgan fingerprint density at radius 3 is 2.72 bits per heavy atom. The second kappa shape index (κ2) is 5.17. The van der Waals surface area contributed by atoms with E-state index in [1.165, 1.54) is 6.07 Å². The van der Waals surface area contributed by atoms with Crippen molar-refractivity contribution in [3.8, 4) is 11.3 Å². The highest BCUT2D eigenvalue weighted by Crippen LogP contribution is 2.26. The van der Waals surface area contributed by atoms with Gasteiger partial charge < -0.3 is 4.42 Å². The molecule has 1 aromatic heterocycles. The van der Waals surface area contributed by atoms with Crippen LogP contribution < -0.4 is 0 Å². The summed E-state index contributed by atoms with van der Waals surface area (Å²) in [5.41, 5.74) is 1.40. The van der Waals surface area contributed by atoms with Gasteiger partial charge in [-0.15, -0.1) is 0 Å². The minimum Gasteiger partial charge on any atom is -0.436 e. The second-order valence-corrected chi connectivity index (χ2v) is 4.60. The van der Waals surface area contributed by atoms with E-state index >= 15 is 0 Å². The van der Waals surface area contributed by atoms with Gasteiger partial charge in [0.15, 0.2) is 5.76 Å². The summed E-state index contributed by atoms with van der Waals surface area (Å²) in [5.74, 6) is 1.13. The summed E-state index contributed by atoms with van der Waals surface area (Å²) >= 11 is 0. The van der Waals surface area contributed by atoms with E-state index in [0.29, 0.717) is 23.1 Å². The van der Waals surface area contributed by atoms with E-state index in [1.54, 1.807) is 24.4 Å². The lowest BCUT2D eigenvalue weighted by molar-refractivity contribution is 0.546. The van der Waals surface area contributed by atoms with Gasteiger partial charge in [0.1, 0.15) is 5.82 Å². The van der Waals surface area contributed by atoms with Crippen LogP contribution in [0.15, 0.2) is 41.0 Å². The van der Waals surface area contributed by atoms with Crippen molar-refractivity contribution in [3.05, 3.63) is 48.2 Å². The molecule has 18 heavy (non-hydrogen) atoms. The number of halogens is 1. The highest BCUT2D eigenvalue weighted by atomic mass is 19.1. The molecule has 0 spiro atoms. The maximum absolute atomic E-state index is 13.6. The lowest BCUT2D eigenvalue weighted by Crippen LogP contribution is -1.84. The van der Waals surface area contributed by atoms with Gasteiger partial charge in [-0.1, -0.05) is 32.1 Å². The summed E-state index contributed by atoms with van der Waals surface area (Å²) in [7, 11) is 0. The van der Waals surface area contributed by atoms with Crippen LogP contribution >= 0.6 is 0 Å². The number of nitrogens with zero attached hydrogens (tertiary/aromatic N) is 1. The third-order valence-corrected chi connectivity index (χ3v) is 2.57. The Morgan fingerprint density at radius 1 is 1.33 bits per heavy atom. The smallest absolute Gasteiger partial charge is 0.222 e. The first-order valence-electron chi connectivity index (χ1n) is 5.97. The first kappa shape index (κ1) is 12.6. The molecule has 0 amide bonds. The maximum Gasteiger partial charge on any atom is 0.222 e. The summed E-state index contributed by atoms with van der Waals surface area (Å²) in [5, 5.41) is 0. The molecule has 0 N–H and O–H groups in total. The molecule has 0 saturated heterocycles. The van der Waals surface area contributed by atoms with Gasteiger partial charge in [-0.2, -0.15) is 0 Å². The fourth-order valence-corrected chi connectivity index (χ4v) is 1.81. The predicted octanol–water partition coefficient (Wildman–Crippen LogP) is 4.54. The van der Waals surface area contributed by atoms with E-state index in [4.69, 9.17) is 4.42 Å². The number of hydrogen-bond acceptors (Lipinski definition) is 2. The van der Waals surface area contributed by atoms with Crippen LogP contribution in [0.25, 0.3) is 16.9 Å². The van der Waals surface area contributed by atoms with Crippen LogP contribution in [0.5, 0.6) is 0 Å². The average Bonchev–Trinajstić information content (AvgIpc) is 2.78. The zero-order chi connectivity index (χ0) is 13.1. The zero-order valence-corrected chi connectivity index (χ0v) is 10.8. The lowest BCUT2D eigenvalue weighted by Gasteiger charge is -1.99. The van der Waals surface area contributed by atoms with E-state index in [2.05, 4.69) is 24.9 Å². The van der Waals surface area contributed by atoms with E-state index in [0.717, 1.165) is 5.57 Å². The van der Waals surface area contributed by atoms with E-state index in [-0.39, 0.29) is 5.82 Å². The van der Waals surface area contributed by atoms with Crippen LogP contribution in [0.1, 0.15) is 26.7 Å². The van der Waals surface area contributed by atoms with Gasteiger partial charge in [-0.05, 0) is 25.0 Å². The Bertz CT molecular complexity index is 569. The van der Waals surface area contributed by atoms with Crippen LogP contribution in [-0.4, -0.2) is 4.98 Å². The summed E-state index contributed by atoms with van der Waals surface area (Å²) in [4.78, 5) is 4.19. The van der Waals surface area contributed by atoms with Crippen molar-refractivity contribution in [2.24, 2.45) is 5.92 Å². The van der Waals surface area contributed by atoms with Crippen molar-refractivity contribution in [1.29, 1.82) is 0 Å². The summed E-state index contributed by atoms with van der Waals surface area (Å²) in [6, 6.07) is 6.52. The molecule has 0 bridgehead atoms. The van der Waals surface area contributed by atoms with Crippen molar-refractivity contribution < 1.29 is 8.81 Å². The van der Waals surface area contributed by atoms with Crippen molar-refractivity contribution in [2.75, 3.05) is 0 Å². The third-order valence-electron chi connectivity index (χ3n) is 2.57.